The Morgan fingerprint density at radius 1 is 1.52 bits per heavy atom. The zero-order chi connectivity index (χ0) is 15.2. The second-order valence-electron chi connectivity index (χ2n) is 4.81. The summed E-state index contributed by atoms with van der Waals surface area (Å²) in [6.45, 7) is 4.30. The topological polar surface area (TPSA) is 84.2 Å². The molecule has 1 amide bonds. The molecule has 7 nitrogen and oxygen atoms in total. The van der Waals surface area contributed by atoms with E-state index >= 15 is 0 Å². The Kier molecular flexibility index (Phi) is 5.40. The van der Waals surface area contributed by atoms with Gasteiger partial charge in [-0.15, -0.1) is 10.2 Å². The number of aromatic nitrogens is 3. The summed E-state index contributed by atoms with van der Waals surface area (Å²) in [5.41, 5.74) is 0.798. The molecule has 1 N–H and O–H groups in total. The van der Waals surface area contributed by atoms with Gasteiger partial charge in [0.05, 0.1) is 12.6 Å². The van der Waals surface area contributed by atoms with E-state index in [2.05, 4.69) is 27.6 Å². The summed E-state index contributed by atoms with van der Waals surface area (Å²) in [5, 5.41) is 16.1. The molecule has 0 aliphatic carbocycles. The number of anilines is 1. The lowest BCUT2D eigenvalue weighted by atomic mass is 10.2. The number of amides is 1. The van der Waals surface area contributed by atoms with Crippen molar-refractivity contribution in [2.24, 2.45) is 0 Å². The molecule has 1 atom stereocenters. The summed E-state index contributed by atoms with van der Waals surface area (Å²) in [6.07, 6.45) is 3.42. The number of carbonyl (C=O) groups is 1. The van der Waals surface area contributed by atoms with Crippen molar-refractivity contribution in [2.45, 2.75) is 32.7 Å². The van der Waals surface area contributed by atoms with Gasteiger partial charge in [-0.25, -0.2) is 0 Å². The molecule has 0 radical (unpaired) electrons. The minimum Gasteiger partial charge on any atom is -0.364 e. The van der Waals surface area contributed by atoms with E-state index in [4.69, 9.17) is 4.52 Å². The number of rotatable bonds is 7. The summed E-state index contributed by atoms with van der Waals surface area (Å²) >= 11 is 1.42. The first-order valence-electron chi connectivity index (χ1n) is 6.83. The summed E-state index contributed by atoms with van der Waals surface area (Å²) < 4.78 is 4.82. The number of carbonyl (C=O) groups excluding carboxylic acids is 1. The van der Waals surface area contributed by atoms with Crippen LogP contribution in [0.25, 0.3) is 0 Å². The maximum Gasteiger partial charge on any atom is 0.240 e. The van der Waals surface area contributed by atoms with Crippen LogP contribution >= 0.6 is 11.3 Å². The second kappa shape index (κ2) is 7.28. The molecule has 0 aliphatic heterocycles. The smallest absolute Gasteiger partial charge is 0.240 e. The van der Waals surface area contributed by atoms with Crippen molar-refractivity contribution in [3.8, 4) is 0 Å². The number of likely N-dealkylation sites (N-methyl/N-ethyl adjacent to an activating group) is 1. The van der Waals surface area contributed by atoms with E-state index in [1.807, 2.05) is 18.9 Å². The number of nitrogens with one attached hydrogen (secondary N) is 1. The van der Waals surface area contributed by atoms with Gasteiger partial charge < -0.3 is 4.52 Å². The fourth-order valence-electron chi connectivity index (χ4n) is 1.80. The molecule has 2 aromatic heterocycles. The minimum atomic E-state index is -0.118. The monoisotopic (exact) mass is 309 g/mol. The second-order valence-corrected chi connectivity index (χ2v) is 5.88. The standard InChI is InChI=1S/C13H19N5O2S/c1-4-5-12-15-16-13(21-12)14-11(19)8-18(3)9(2)10-6-7-20-17-10/h6-7,9H,4-5,8H2,1-3H3,(H,14,16,19)/t9-/m0/s1. The Morgan fingerprint density at radius 3 is 3.00 bits per heavy atom. The first kappa shape index (κ1) is 15.6. The largest absolute Gasteiger partial charge is 0.364 e. The molecule has 0 aliphatic rings. The zero-order valence-electron chi connectivity index (χ0n) is 12.4. The predicted molar refractivity (Wildman–Crippen MR) is 80.1 cm³/mol. The van der Waals surface area contributed by atoms with Crippen molar-refractivity contribution in [3.63, 3.8) is 0 Å². The molecule has 0 aromatic carbocycles. The van der Waals surface area contributed by atoms with Crippen molar-refractivity contribution in [1.82, 2.24) is 20.3 Å². The van der Waals surface area contributed by atoms with E-state index in [1.165, 1.54) is 17.6 Å². The van der Waals surface area contributed by atoms with Crippen LogP contribution in [0.2, 0.25) is 0 Å². The van der Waals surface area contributed by atoms with Gasteiger partial charge in [-0.2, -0.15) is 0 Å². The highest BCUT2D eigenvalue weighted by molar-refractivity contribution is 7.15. The highest BCUT2D eigenvalue weighted by Gasteiger charge is 2.17. The zero-order valence-corrected chi connectivity index (χ0v) is 13.2. The molecule has 2 heterocycles. The van der Waals surface area contributed by atoms with E-state index < -0.39 is 0 Å². The lowest BCUT2D eigenvalue weighted by molar-refractivity contribution is -0.117. The summed E-state index contributed by atoms with van der Waals surface area (Å²) in [7, 11) is 1.86. The van der Waals surface area contributed by atoms with Crippen LogP contribution in [0.3, 0.4) is 0 Å². The van der Waals surface area contributed by atoms with Crippen LogP contribution in [0.1, 0.15) is 37.0 Å². The molecular weight excluding hydrogens is 290 g/mol. The average Bonchev–Trinajstić information content (AvgIpc) is 3.10. The Bertz CT molecular complexity index is 569. The molecule has 0 bridgehead atoms. The summed E-state index contributed by atoms with van der Waals surface area (Å²) in [6, 6.07) is 1.79. The van der Waals surface area contributed by atoms with Gasteiger partial charge in [0.1, 0.15) is 17.0 Å². The minimum absolute atomic E-state index is 0.000396. The molecule has 0 fully saturated rings. The average molecular weight is 309 g/mol. The van der Waals surface area contributed by atoms with Gasteiger partial charge in [0.15, 0.2) is 0 Å². The van der Waals surface area contributed by atoms with E-state index in [9.17, 15) is 4.79 Å². The Hall–Kier alpha value is -1.80. The van der Waals surface area contributed by atoms with Gasteiger partial charge in [0.2, 0.25) is 11.0 Å². The number of hydrogen-bond donors (Lipinski definition) is 1. The molecule has 0 spiro atoms. The molecule has 0 unspecified atom stereocenters. The highest BCUT2D eigenvalue weighted by Crippen LogP contribution is 2.18. The first-order chi connectivity index (χ1) is 10.1. The molecule has 0 saturated carbocycles. The Labute approximate surface area is 127 Å². The van der Waals surface area contributed by atoms with E-state index in [-0.39, 0.29) is 18.5 Å². The third-order valence-electron chi connectivity index (χ3n) is 3.12. The van der Waals surface area contributed by atoms with Crippen LogP contribution in [0.15, 0.2) is 16.9 Å². The lowest BCUT2D eigenvalue weighted by Gasteiger charge is -2.21. The van der Waals surface area contributed by atoms with Crippen LogP contribution in [-0.4, -0.2) is 39.8 Å². The van der Waals surface area contributed by atoms with Crippen LogP contribution in [0, 0.1) is 0 Å². The van der Waals surface area contributed by atoms with Crippen molar-refractivity contribution in [2.75, 3.05) is 18.9 Å². The molecule has 2 rings (SSSR count). The molecular formula is C13H19N5O2S. The summed E-state index contributed by atoms with van der Waals surface area (Å²) in [5.74, 6) is -0.118. The number of hydrogen-bond acceptors (Lipinski definition) is 7. The van der Waals surface area contributed by atoms with Crippen molar-refractivity contribution >= 4 is 22.4 Å². The fraction of sp³-hybridized carbons (Fsp3) is 0.538. The third-order valence-corrected chi connectivity index (χ3v) is 4.02. The van der Waals surface area contributed by atoms with Gasteiger partial charge in [-0.05, 0) is 20.4 Å². The quantitative estimate of drug-likeness (QED) is 0.843. The normalized spacial score (nSPS) is 12.6. The van der Waals surface area contributed by atoms with Crippen LogP contribution in [-0.2, 0) is 11.2 Å². The van der Waals surface area contributed by atoms with Gasteiger partial charge in [-0.3, -0.25) is 15.0 Å². The van der Waals surface area contributed by atoms with E-state index in [0.29, 0.717) is 5.13 Å². The predicted octanol–water partition coefficient (Wildman–Crippen LogP) is 2.11. The molecule has 21 heavy (non-hydrogen) atoms. The van der Waals surface area contributed by atoms with Crippen LogP contribution < -0.4 is 5.32 Å². The Balaban J connectivity index is 1.85. The SMILES string of the molecule is CCCc1nnc(NC(=O)CN(C)[C@@H](C)c2ccon2)s1. The van der Waals surface area contributed by atoms with Gasteiger partial charge in [0, 0.05) is 12.5 Å². The van der Waals surface area contributed by atoms with Crippen molar-refractivity contribution in [3.05, 3.63) is 23.0 Å². The molecule has 0 saturated heterocycles. The maximum absolute atomic E-state index is 12.0. The lowest BCUT2D eigenvalue weighted by Crippen LogP contribution is -2.32. The fourth-order valence-corrected chi connectivity index (χ4v) is 2.66. The van der Waals surface area contributed by atoms with Gasteiger partial charge in [-0.1, -0.05) is 23.4 Å². The van der Waals surface area contributed by atoms with Gasteiger partial charge in [0.25, 0.3) is 0 Å². The van der Waals surface area contributed by atoms with E-state index in [0.717, 1.165) is 23.5 Å². The summed E-state index contributed by atoms with van der Waals surface area (Å²) in [4.78, 5) is 13.9. The van der Waals surface area contributed by atoms with Gasteiger partial charge >= 0.3 is 0 Å². The third kappa shape index (κ3) is 4.33. The molecule has 2 aromatic rings. The molecule has 114 valence electrons. The van der Waals surface area contributed by atoms with Crippen molar-refractivity contribution in [1.29, 1.82) is 0 Å². The number of aryl methyl sites for hydroxylation is 1. The maximum atomic E-state index is 12.0. The van der Waals surface area contributed by atoms with Crippen LogP contribution in [0.5, 0.6) is 0 Å². The van der Waals surface area contributed by atoms with Crippen molar-refractivity contribution < 1.29 is 9.32 Å². The highest BCUT2D eigenvalue weighted by atomic mass is 32.1. The molecule has 8 heteroatoms. The van der Waals surface area contributed by atoms with E-state index in [1.54, 1.807) is 6.07 Å². The first-order valence-corrected chi connectivity index (χ1v) is 7.64. The number of nitrogens with zero attached hydrogens (tertiary/aromatic N) is 4. The van der Waals surface area contributed by atoms with Crippen LogP contribution in [0.4, 0.5) is 5.13 Å². The Morgan fingerprint density at radius 2 is 2.33 bits per heavy atom.